The molecule has 1 aromatic carbocycles. The van der Waals surface area contributed by atoms with Crippen LogP contribution in [0.1, 0.15) is 5.56 Å². The molecular weight excluding hydrogens is 204 g/mol. The molecule has 1 saturated heterocycles. The number of rotatable bonds is 3. The number of benzene rings is 1. The van der Waals surface area contributed by atoms with Crippen molar-refractivity contribution in [2.24, 2.45) is 0 Å². The van der Waals surface area contributed by atoms with E-state index in [9.17, 15) is 4.79 Å². The maximum Gasteiger partial charge on any atom is 0.236 e. The van der Waals surface area contributed by atoms with Crippen molar-refractivity contribution < 1.29 is 9.90 Å². The highest BCUT2D eigenvalue weighted by molar-refractivity contribution is 5.79. The summed E-state index contributed by atoms with van der Waals surface area (Å²) in [5.41, 5.74) is 1.12. The molecule has 1 atom stereocenters. The number of nitrogens with zero attached hydrogens (tertiary/aromatic N) is 1. The fourth-order valence-electron chi connectivity index (χ4n) is 1.85. The van der Waals surface area contributed by atoms with E-state index in [0.717, 1.165) is 5.56 Å². The SMILES string of the molecule is O=C1CNC(CO)CN1Cc1ccccc1. The first-order valence-electron chi connectivity index (χ1n) is 5.45. The zero-order valence-electron chi connectivity index (χ0n) is 9.10. The Morgan fingerprint density at radius 1 is 1.38 bits per heavy atom. The van der Waals surface area contributed by atoms with E-state index in [-0.39, 0.29) is 18.6 Å². The third-order valence-corrected chi connectivity index (χ3v) is 2.77. The van der Waals surface area contributed by atoms with E-state index in [1.54, 1.807) is 4.90 Å². The molecule has 16 heavy (non-hydrogen) atoms. The maximum absolute atomic E-state index is 11.6. The van der Waals surface area contributed by atoms with Crippen LogP contribution in [-0.4, -0.2) is 41.7 Å². The van der Waals surface area contributed by atoms with Crippen molar-refractivity contribution in [2.75, 3.05) is 19.7 Å². The summed E-state index contributed by atoms with van der Waals surface area (Å²) in [7, 11) is 0. The van der Waals surface area contributed by atoms with Crippen molar-refractivity contribution in [1.82, 2.24) is 10.2 Å². The van der Waals surface area contributed by atoms with Crippen LogP contribution >= 0.6 is 0 Å². The third kappa shape index (κ3) is 2.59. The lowest BCUT2D eigenvalue weighted by molar-refractivity contribution is -0.134. The first kappa shape index (κ1) is 11.1. The van der Waals surface area contributed by atoms with Crippen molar-refractivity contribution in [3.05, 3.63) is 35.9 Å². The fraction of sp³-hybridized carbons (Fsp3) is 0.417. The van der Waals surface area contributed by atoms with Gasteiger partial charge in [-0.1, -0.05) is 30.3 Å². The van der Waals surface area contributed by atoms with Gasteiger partial charge in [-0.05, 0) is 5.56 Å². The number of aliphatic hydroxyl groups excluding tert-OH is 1. The van der Waals surface area contributed by atoms with Gasteiger partial charge >= 0.3 is 0 Å². The van der Waals surface area contributed by atoms with Gasteiger partial charge in [-0.3, -0.25) is 4.79 Å². The molecular formula is C12H16N2O2. The minimum Gasteiger partial charge on any atom is -0.395 e. The number of amides is 1. The monoisotopic (exact) mass is 220 g/mol. The highest BCUT2D eigenvalue weighted by Crippen LogP contribution is 2.08. The molecule has 1 aromatic rings. The van der Waals surface area contributed by atoms with Gasteiger partial charge in [-0.15, -0.1) is 0 Å². The van der Waals surface area contributed by atoms with Gasteiger partial charge in [0.2, 0.25) is 5.91 Å². The normalized spacial score (nSPS) is 21.2. The first-order chi connectivity index (χ1) is 7.79. The Morgan fingerprint density at radius 2 is 2.12 bits per heavy atom. The van der Waals surface area contributed by atoms with Gasteiger partial charge in [0.05, 0.1) is 13.2 Å². The van der Waals surface area contributed by atoms with Gasteiger partial charge < -0.3 is 15.3 Å². The molecule has 0 aromatic heterocycles. The summed E-state index contributed by atoms with van der Waals surface area (Å²) in [5, 5.41) is 12.1. The van der Waals surface area contributed by atoms with Crippen LogP contribution in [0.5, 0.6) is 0 Å². The summed E-state index contributed by atoms with van der Waals surface area (Å²) in [6.45, 7) is 1.58. The van der Waals surface area contributed by atoms with Crippen LogP contribution in [0.25, 0.3) is 0 Å². The van der Waals surface area contributed by atoms with E-state index < -0.39 is 0 Å². The van der Waals surface area contributed by atoms with Gasteiger partial charge in [0, 0.05) is 19.1 Å². The molecule has 1 amide bonds. The highest BCUT2D eigenvalue weighted by Gasteiger charge is 2.24. The predicted molar refractivity (Wildman–Crippen MR) is 60.7 cm³/mol. The van der Waals surface area contributed by atoms with E-state index in [4.69, 9.17) is 5.11 Å². The molecule has 2 rings (SSSR count). The molecule has 0 bridgehead atoms. The summed E-state index contributed by atoms with van der Waals surface area (Å²) in [6.07, 6.45) is 0. The molecule has 2 N–H and O–H groups in total. The zero-order chi connectivity index (χ0) is 11.4. The van der Waals surface area contributed by atoms with E-state index in [1.165, 1.54) is 0 Å². The maximum atomic E-state index is 11.6. The van der Waals surface area contributed by atoms with Gasteiger partial charge in [0.25, 0.3) is 0 Å². The molecule has 0 saturated carbocycles. The number of carbonyl (C=O) groups excluding carboxylic acids is 1. The van der Waals surface area contributed by atoms with Gasteiger partial charge in [0.1, 0.15) is 0 Å². The second kappa shape index (κ2) is 5.09. The van der Waals surface area contributed by atoms with Crippen LogP contribution < -0.4 is 5.32 Å². The molecule has 1 unspecified atom stereocenters. The molecule has 86 valence electrons. The van der Waals surface area contributed by atoms with E-state index in [2.05, 4.69) is 5.32 Å². The van der Waals surface area contributed by atoms with Crippen molar-refractivity contribution in [2.45, 2.75) is 12.6 Å². The summed E-state index contributed by atoms with van der Waals surface area (Å²) < 4.78 is 0. The number of aliphatic hydroxyl groups is 1. The smallest absolute Gasteiger partial charge is 0.236 e. The molecule has 0 radical (unpaired) electrons. The molecule has 4 nitrogen and oxygen atoms in total. The number of hydrogen-bond donors (Lipinski definition) is 2. The Hall–Kier alpha value is -1.39. The average molecular weight is 220 g/mol. The van der Waals surface area contributed by atoms with E-state index >= 15 is 0 Å². The topological polar surface area (TPSA) is 52.6 Å². The lowest BCUT2D eigenvalue weighted by Gasteiger charge is -2.32. The molecule has 1 heterocycles. The number of nitrogens with one attached hydrogen (secondary N) is 1. The van der Waals surface area contributed by atoms with Gasteiger partial charge in [-0.2, -0.15) is 0 Å². The first-order valence-corrected chi connectivity index (χ1v) is 5.45. The van der Waals surface area contributed by atoms with Crippen molar-refractivity contribution >= 4 is 5.91 Å². The Labute approximate surface area is 94.9 Å². The minimum absolute atomic E-state index is 0.00131. The molecule has 1 fully saturated rings. The average Bonchev–Trinajstić information content (AvgIpc) is 2.33. The zero-order valence-corrected chi connectivity index (χ0v) is 9.10. The van der Waals surface area contributed by atoms with Crippen LogP contribution in [-0.2, 0) is 11.3 Å². The molecule has 0 spiro atoms. The summed E-state index contributed by atoms with van der Waals surface area (Å²) in [6, 6.07) is 9.89. The molecule has 1 aliphatic rings. The lowest BCUT2D eigenvalue weighted by atomic mass is 10.1. The minimum atomic E-state index is 0.00131. The largest absolute Gasteiger partial charge is 0.395 e. The Kier molecular flexibility index (Phi) is 3.54. The van der Waals surface area contributed by atoms with E-state index in [1.807, 2.05) is 30.3 Å². The highest BCUT2D eigenvalue weighted by atomic mass is 16.3. The number of piperazine rings is 1. The van der Waals surface area contributed by atoms with Crippen LogP contribution in [0.15, 0.2) is 30.3 Å². The van der Waals surface area contributed by atoms with Crippen molar-refractivity contribution in [1.29, 1.82) is 0 Å². The number of carbonyl (C=O) groups is 1. The van der Waals surface area contributed by atoms with Gasteiger partial charge in [0.15, 0.2) is 0 Å². The van der Waals surface area contributed by atoms with Crippen LogP contribution in [0, 0.1) is 0 Å². The summed E-state index contributed by atoms with van der Waals surface area (Å²) in [4.78, 5) is 13.4. The van der Waals surface area contributed by atoms with Crippen molar-refractivity contribution in [3.8, 4) is 0 Å². The predicted octanol–water partition coefficient (Wildman–Crippen LogP) is -0.0207. The Bertz CT molecular complexity index is 353. The van der Waals surface area contributed by atoms with Crippen LogP contribution in [0.3, 0.4) is 0 Å². The fourth-order valence-corrected chi connectivity index (χ4v) is 1.85. The van der Waals surface area contributed by atoms with Crippen LogP contribution in [0.2, 0.25) is 0 Å². The summed E-state index contributed by atoms with van der Waals surface area (Å²) >= 11 is 0. The van der Waals surface area contributed by atoms with Gasteiger partial charge in [-0.25, -0.2) is 0 Å². The number of hydrogen-bond acceptors (Lipinski definition) is 3. The molecule has 1 aliphatic heterocycles. The Balaban J connectivity index is 2.00. The second-order valence-corrected chi connectivity index (χ2v) is 4.02. The standard InChI is InChI=1S/C12H16N2O2/c15-9-11-8-14(12(16)6-13-11)7-10-4-2-1-3-5-10/h1-5,11,13,15H,6-9H2. The van der Waals surface area contributed by atoms with E-state index in [0.29, 0.717) is 19.6 Å². The lowest BCUT2D eigenvalue weighted by Crippen LogP contribution is -2.54. The summed E-state index contributed by atoms with van der Waals surface area (Å²) in [5.74, 6) is 0.0913. The quantitative estimate of drug-likeness (QED) is 0.752. The Morgan fingerprint density at radius 3 is 2.81 bits per heavy atom. The van der Waals surface area contributed by atoms with Crippen LogP contribution in [0.4, 0.5) is 0 Å². The third-order valence-electron chi connectivity index (χ3n) is 2.77. The molecule has 4 heteroatoms. The molecule has 0 aliphatic carbocycles. The van der Waals surface area contributed by atoms with Crippen molar-refractivity contribution in [3.63, 3.8) is 0 Å². The second-order valence-electron chi connectivity index (χ2n) is 4.02.